The minimum atomic E-state index is -0.288. The van der Waals surface area contributed by atoms with Gasteiger partial charge in [0.15, 0.2) is 0 Å². The molecule has 4 nitrogen and oxygen atoms in total. The average Bonchev–Trinajstić information content (AvgIpc) is 2.60. The van der Waals surface area contributed by atoms with Crippen LogP contribution in [-0.4, -0.2) is 11.0 Å². The highest BCUT2D eigenvalue weighted by Crippen LogP contribution is 2.31. The zero-order chi connectivity index (χ0) is 17.1. The molecule has 0 radical (unpaired) electrons. The fourth-order valence-corrected chi connectivity index (χ4v) is 2.64. The standard InChI is InChI=1S/C19H15BrN2O2/c1-12(21-22-19(24)14-6-9-15(20)10-7-14)16-11-8-13-4-2-3-5-17(13)18(16)23/h2-11,21,23H,1H2,(H,22,24). The first-order valence-corrected chi connectivity index (χ1v) is 8.07. The Kier molecular flexibility index (Phi) is 4.53. The van der Waals surface area contributed by atoms with Crippen molar-refractivity contribution in [1.29, 1.82) is 0 Å². The first-order valence-electron chi connectivity index (χ1n) is 7.28. The van der Waals surface area contributed by atoms with Crippen molar-refractivity contribution in [2.24, 2.45) is 0 Å². The van der Waals surface area contributed by atoms with E-state index in [0.29, 0.717) is 16.8 Å². The molecule has 3 aromatic rings. The molecule has 0 aliphatic rings. The van der Waals surface area contributed by atoms with Crippen molar-refractivity contribution >= 4 is 38.3 Å². The Morgan fingerprint density at radius 3 is 2.42 bits per heavy atom. The minimum absolute atomic E-state index is 0.128. The zero-order valence-electron chi connectivity index (χ0n) is 12.7. The van der Waals surface area contributed by atoms with Crippen molar-refractivity contribution in [2.45, 2.75) is 0 Å². The summed E-state index contributed by atoms with van der Waals surface area (Å²) in [4.78, 5) is 12.1. The predicted molar refractivity (Wildman–Crippen MR) is 99.4 cm³/mol. The molecule has 3 N–H and O–H groups in total. The Morgan fingerprint density at radius 1 is 0.958 bits per heavy atom. The number of amides is 1. The summed E-state index contributed by atoms with van der Waals surface area (Å²) in [5, 5.41) is 12.1. The zero-order valence-corrected chi connectivity index (χ0v) is 14.3. The van der Waals surface area contributed by atoms with E-state index in [0.717, 1.165) is 15.2 Å². The monoisotopic (exact) mass is 382 g/mol. The fraction of sp³-hybridized carbons (Fsp3) is 0. The molecule has 0 spiro atoms. The normalized spacial score (nSPS) is 10.4. The molecule has 0 aliphatic heterocycles. The summed E-state index contributed by atoms with van der Waals surface area (Å²) < 4.78 is 0.900. The molecule has 5 heteroatoms. The molecular formula is C19H15BrN2O2. The molecule has 0 saturated carbocycles. The van der Waals surface area contributed by atoms with Crippen LogP contribution in [0.15, 0.2) is 71.7 Å². The van der Waals surface area contributed by atoms with Gasteiger partial charge in [0.2, 0.25) is 0 Å². The molecule has 0 bridgehead atoms. The highest BCUT2D eigenvalue weighted by atomic mass is 79.9. The lowest BCUT2D eigenvalue weighted by molar-refractivity contribution is 0.0942. The van der Waals surface area contributed by atoms with E-state index in [1.807, 2.05) is 30.3 Å². The van der Waals surface area contributed by atoms with E-state index >= 15 is 0 Å². The molecule has 3 aromatic carbocycles. The summed E-state index contributed by atoms with van der Waals surface area (Å²) >= 11 is 3.33. The van der Waals surface area contributed by atoms with Crippen LogP contribution in [0.3, 0.4) is 0 Å². The van der Waals surface area contributed by atoms with Crippen molar-refractivity contribution in [3.8, 4) is 5.75 Å². The van der Waals surface area contributed by atoms with Crippen LogP contribution in [0.5, 0.6) is 5.75 Å². The van der Waals surface area contributed by atoms with Gasteiger partial charge in [0.05, 0.1) is 5.70 Å². The second-order valence-corrected chi connectivity index (χ2v) is 6.16. The lowest BCUT2D eigenvalue weighted by Crippen LogP contribution is -2.35. The van der Waals surface area contributed by atoms with E-state index in [1.54, 1.807) is 30.3 Å². The van der Waals surface area contributed by atoms with Crippen LogP contribution in [0.1, 0.15) is 15.9 Å². The number of phenolic OH excluding ortho intramolecular Hbond substituents is 1. The second-order valence-electron chi connectivity index (χ2n) is 5.25. The van der Waals surface area contributed by atoms with E-state index in [2.05, 4.69) is 33.4 Å². The van der Waals surface area contributed by atoms with Crippen LogP contribution >= 0.6 is 15.9 Å². The third-order valence-electron chi connectivity index (χ3n) is 3.66. The topological polar surface area (TPSA) is 61.4 Å². The first kappa shape index (κ1) is 16.1. The number of hydrazine groups is 1. The number of fused-ring (bicyclic) bond motifs is 1. The number of phenols is 1. The minimum Gasteiger partial charge on any atom is -0.507 e. The van der Waals surface area contributed by atoms with Crippen LogP contribution in [0.4, 0.5) is 0 Å². The first-order chi connectivity index (χ1) is 11.6. The smallest absolute Gasteiger partial charge is 0.269 e. The molecule has 0 atom stereocenters. The molecule has 0 aliphatic carbocycles. The number of carbonyl (C=O) groups excluding carboxylic acids is 1. The third-order valence-corrected chi connectivity index (χ3v) is 4.19. The molecule has 3 rings (SSSR count). The maximum atomic E-state index is 12.1. The Labute approximate surface area is 147 Å². The molecule has 120 valence electrons. The summed E-state index contributed by atoms with van der Waals surface area (Å²) in [6.45, 7) is 3.88. The van der Waals surface area contributed by atoms with Gasteiger partial charge in [-0.1, -0.05) is 52.8 Å². The summed E-state index contributed by atoms with van der Waals surface area (Å²) in [6, 6.07) is 18.2. The summed E-state index contributed by atoms with van der Waals surface area (Å²) in [5.41, 5.74) is 6.78. The number of benzene rings is 3. The number of rotatable bonds is 4. The number of nitrogens with one attached hydrogen (secondary N) is 2. The lowest BCUT2D eigenvalue weighted by atomic mass is 10.0. The maximum absolute atomic E-state index is 12.1. The number of hydrogen-bond acceptors (Lipinski definition) is 3. The van der Waals surface area contributed by atoms with Crippen molar-refractivity contribution in [2.75, 3.05) is 0 Å². The lowest BCUT2D eigenvalue weighted by Gasteiger charge is -2.14. The largest absolute Gasteiger partial charge is 0.507 e. The Morgan fingerprint density at radius 2 is 1.67 bits per heavy atom. The molecule has 0 fully saturated rings. The Balaban J connectivity index is 1.74. The maximum Gasteiger partial charge on any atom is 0.269 e. The Hall–Kier alpha value is -2.79. The van der Waals surface area contributed by atoms with Gasteiger partial charge < -0.3 is 5.11 Å². The summed E-state index contributed by atoms with van der Waals surface area (Å²) in [6.07, 6.45) is 0. The van der Waals surface area contributed by atoms with E-state index in [9.17, 15) is 9.90 Å². The van der Waals surface area contributed by atoms with Gasteiger partial charge in [0.25, 0.3) is 5.91 Å². The predicted octanol–water partition coefficient (Wildman–Crippen LogP) is 4.21. The van der Waals surface area contributed by atoms with Gasteiger partial charge in [-0.2, -0.15) is 0 Å². The van der Waals surface area contributed by atoms with E-state index in [-0.39, 0.29) is 11.7 Å². The number of aromatic hydroxyl groups is 1. The van der Waals surface area contributed by atoms with Gasteiger partial charge in [-0.15, -0.1) is 0 Å². The summed E-state index contributed by atoms with van der Waals surface area (Å²) in [5.74, 6) is -0.160. The van der Waals surface area contributed by atoms with Gasteiger partial charge in [-0.3, -0.25) is 15.6 Å². The van der Waals surface area contributed by atoms with Gasteiger partial charge in [-0.05, 0) is 35.7 Å². The highest BCUT2D eigenvalue weighted by Gasteiger charge is 2.10. The molecule has 24 heavy (non-hydrogen) atoms. The highest BCUT2D eigenvalue weighted by molar-refractivity contribution is 9.10. The molecule has 0 saturated heterocycles. The molecule has 1 amide bonds. The van der Waals surface area contributed by atoms with Gasteiger partial charge in [0, 0.05) is 21.0 Å². The van der Waals surface area contributed by atoms with Gasteiger partial charge in [0.1, 0.15) is 5.75 Å². The van der Waals surface area contributed by atoms with E-state index < -0.39 is 0 Å². The molecule has 0 unspecified atom stereocenters. The van der Waals surface area contributed by atoms with Gasteiger partial charge in [-0.25, -0.2) is 0 Å². The van der Waals surface area contributed by atoms with Crippen LogP contribution in [0.25, 0.3) is 16.5 Å². The number of hydrogen-bond donors (Lipinski definition) is 3. The van der Waals surface area contributed by atoms with Crippen LogP contribution < -0.4 is 10.9 Å². The average molecular weight is 383 g/mol. The van der Waals surface area contributed by atoms with E-state index in [1.165, 1.54) is 0 Å². The third kappa shape index (κ3) is 3.26. The molecule has 0 aromatic heterocycles. The van der Waals surface area contributed by atoms with Crippen molar-refractivity contribution in [3.63, 3.8) is 0 Å². The van der Waals surface area contributed by atoms with Crippen molar-refractivity contribution < 1.29 is 9.90 Å². The molecular weight excluding hydrogens is 368 g/mol. The fourth-order valence-electron chi connectivity index (χ4n) is 2.37. The quantitative estimate of drug-likeness (QED) is 0.592. The van der Waals surface area contributed by atoms with E-state index in [4.69, 9.17) is 0 Å². The Bertz CT molecular complexity index is 920. The SMILES string of the molecule is C=C(NNC(=O)c1ccc(Br)cc1)c1ccc2ccccc2c1O. The van der Waals surface area contributed by atoms with Crippen LogP contribution in [-0.2, 0) is 0 Å². The van der Waals surface area contributed by atoms with Crippen molar-refractivity contribution in [3.05, 3.63) is 82.8 Å². The van der Waals surface area contributed by atoms with Gasteiger partial charge >= 0.3 is 0 Å². The second kappa shape index (κ2) is 6.76. The number of halogens is 1. The van der Waals surface area contributed by atoms with Crippen LogP contribution in [0.2, 0.25) is 0 Å². The number of carbonyl (C=O) groups is 1. The van der Waals surface area contributed by atoms with Crippen LogP contribution in [0, 0.1) is 0 Å². The molecule has 0 heterocycles. The van der Waals surface area contributed by atoms with Crippen molar-refractivity contribution in [1.82, 2.24) is 10.9 Å². The summed E-state index contributed by atoms with van der Waals surface area (Å²) in [7, 11) is 0.